The van der Waals surface area contributed by atoms with Gasteiger partial charge in [0.2, 0.25) is 0 Å². The van der Waals surface area contributed by atoms with Crippen molar-refractivity contribution in [2.45, 2.75) is 26.6 Å². The zero-order valence-corrected chi connectivity index (χ0v) is 12.1. The van der Waals surface area contributed by atoms with Gasteiger partial charge in [-0.2, -0.15) is 0 Å². The summed E-state index contributed by atoms with van der Waals surface area (Å²) < 4.78 is 18.7. The van der Waals surface area contributed by atoms with Crippen molar-refractivity contribution in [3.8, 4) is 5.75 Å². The minimum absolute atomic E-state index is 0.224. The molecule has 2 aromatic carbocycles. The van der Waals surface area contributed by atoms with Crippen LogP contribution in [-0.4, -0.2) is 5.11 Å². The summed E-state index contributed by atoms with van der Waals surface area (Å²) in [6.45, 7) is 3.86. The zero-order valence-electron chi connectivity index (χ0n) is 11.4. The predicted octanol–water partition coefficient (Wildman–Crippen LogP) is 4.42. The Hall–Kier alpha value is -1.58. The van der Waals surface area contributed by atoms with E-state index in [-0.39, 0.29) is 12.4 Å². The van der Waals surface area contributed by atoms with Gasteiger partial charge in [-0.25, -0.2) is 4.39 Å². The van der Waals surface area contributed by atoms with E-state index in [2.05, 4.69) is 0 Å². The molecular formula is C16H16ClFO2. The summed E-state index contributed by atoms with van der Waals surface area (Å²) in [7, 11) is 0. The summed E-state index contributed by atoms with van der Waals surface area (Å²) in [5.41, 5.74) is 2.45. The summed E-state index contributed by atoms with van der Waals surface area (Å²) in [5.74, 6) is 0.236. The van der Waals surface area contributed by atoms with E-state index in [1.165, 1.54) is 12.1 Å². The number of hydrogen-bond donors (Lipinski definition) is 1. The van der Waals surface area contributed by atoms with Gasteiger partial charge in [-0.05, 0) is 37.6 Å². The van der Waals surface area contributed by atoms with Crippen molar-refractivity contribution in [1.82, 2.24) is 0 Å². The Balaban J connectivity index is 2.20. The molecule has 2 aromatic rings. The van der Waals surface area contributed by atoms with Crippen LogP contribution in [0.5, 0.6) is 5.75 Å². The summed E-state index contributed by atoms with van der Waals surface area (Å²) >= 11 is 5.96. The highest BCUT2D eigenvalue weighted by molar-refractivity contribution is 6.31. The lowest BCUT2D eigenvalue weighted by molar-refractivity contribution is 0.190. The number of aliphatic hydroxyl groups is 1. The average Bonchev–Trinajstić information content (AvgIpc) is 2.37. The highest BCUT2D eigenvalue weighted by Gasteiger charge is 2.10. The van der Waals surface area contributed by atoms with E-state index in [0.29, 0.717) is 21.9 Å². The van der Waals surface area contributed by atoms with Crippen LogP contribution in [0.25, 0.3) is 0 Å². The van der Waals surface area contributed by atoms with Crippen LogP contribution in [0.15, 0.2) is 36.4 Å². The normalized spacial score (nSPS) is 12.2. The molecule has 0 saturated heterocycles. The van der Waals surface area contributed by atoms with E-state index >= 15 is 0 Å². The van der Waals surface area contributed by atoms with Crippen molar-refractivity contribution in [3.05, 3.63) is 63.9 Å². The van der Waals surface area contributed by atoms with Crippen molar-refractivity contribution < 1.29 is 14.2 Å². The minimum atomic E-state index is -0.616. The second-order valence-corrected chi connectivity index (χ2v) is 5.15. The standard InChI is InChI=1S/C16H16ClFO2/c1-10-3-6-14(11(2)19)16(7-10)20-9-12-4-5-13(18)8-15(12)17/h3-8,11,19H,9H2,1-2H3/t11-/m0/s1. The smallest absolute Gasteiger partial charge is 0.125 e. The summed E-state index contributed by atoms with van der Waals surface area (Å²) in [5, 5.41) is 10.1. The summed E-state index contributed by atoms with van der Waals surface area (Å²) in [6, 6.07) is 9.80. The van der Waals surface area contributed by atoms with Gasteiger partial charge in [-0.15, -0.1) is 0 Å². The maximum absolute atomic E-state index is 13.0. The van der Waals surface area contributed by atoms with E-state index in [1.807, 2.05) is 25.1 Å². The van der Waals surface area contributed by atoms with Gasteiger partial charge in [0.05, 0.1) is 11.1 Å². The fourth-order valence-corrected chi connectivity index (χ4v) is 2.13. The lowest BCUT2D eigenvalue weighted by Crippen LogP contribution is -2.02. The van der Waals surface area contributed by atoms with Gasteiger partial charge in [-0.1, -0.05) is 29.8 Å². The maximum Gasteiger partial charge on any atom is 0.125 e. The first-order chi connectivity index (χ1) is 9.47. The van der Waals surface area contributed by atoms with Crippen molar-refractivity contribution in [3.63, 3.8) is 0 Å². The highest BCUT2D eigenvalue weighted by atomic mass is 35.5. The molecule has 0 bridgehead atoms. The SMILES string of the molecule is Cc1ccc([C@H](C)O)c(OCc2ccc(F)cc2Cl)c1. The number of aryl methyl sites for hydroxylation is 1. The summed E-state index contributed by atoms with van der Waals surface area (Å²) in [4.78, 5) is 0. The predicted molar refractivity (Wildman–Crippen MR) is 77.6 cm³/mol. The van der Waals surface area contributed by atoms with Crippen LogP contribution in [-0.2, 0) is 6.61 Å². The fraction of sp³-hybridized carbons (Fsp3) is 0.250. The van der Waals surface area contributed by atoms with E-state index in [4.69, 9.17) is 16.3 Å². The third-order valence-corrected chi connectivity index (χ3v) is 3.37. The van der Waals surface area contributed by atoms with Crippen molar-refractivity contribution >= 4 is 11.6 Å². The molecule has 0 aliphatic rings. The number of rotatable bonds is 4. The van der Waals surface area contributed by atoms with E-state index in [9.17, 15) is 9.50 Å². The van der Waals surface area contributed by atoms with Crippen LogP contribution in [0.2, 0.25) is 5.02 Å². The molecule has 0 heterocycles. The molecule has 0 saturated carbocycles. The van der Waals surface area contributed by atoms with E-state index < -0.39 is 6.10 Å². The first-order valence-corrected chi connectivity index (χ1v) is 6.70. The van der Waals surface area contributed by atoms with E-state index in [0.717, 1.165) is 5.56 Å². The quantitative estimate of drug-likeness (QED) is 0.904. The van der Waals surface area contributed by atoms with Gasteiger partial charge in [-0.3, -0.25) is 0 Å². The molecule has 2 rings (SSSR count). The molecular weight excluding hydrogens is 279 g/mol. The number of hydrogen-bond acceptors (Lipinski definition) is 2. The van der Waals surface area contributed by atoms with Gasteiger partial charge in [0.1, 0.15) is 18.2 Å². The van der Waals surface area contributed by atoms with Crippen molar-refractivity contribution in [2.75, 3.05) is 0 Å². The molecule has 4 heteroatoms. The monoisotopic (exact) mass is 294 g/mol. The van der Waals surface area contributed by atoms with Crippen LogP contribution >= 0.6 is 11.6 Å². The molecule has 2 nitrogen and oxygen atoms in total. The highest BCUT2D eigenvalue weighted by Crippen LogP contribution is 2.28. The second-order valence-electron chi connectivity index (χ2n) is 4.74. The molecule has 1 N–H and O–H groups in total. The number of halogens is 2. The number of aliphatic hydroxyl groups excluding tert-OH is 1. The van der Waals surface area contributed by atoms with E-state index in [1.54, 1.807) is 13.0 Å². The molecule has 0 unspecified atom stereocenters. The number of benzene rings is 2. The molecule has 0 aliphatic carbocycles. The molecule has 0 aliphatic heterocycles. The molecule has 0 amide bonds. The molecule has 106 valence electrons. The average molecular weight is 295 g/mol. The number of ether oxygens (including phenoxy) is 1. The van der Waals surface area contributed by atoms with Crippen LogP contribution in [0.1, 0.15) is 29.7 Å². The molecule has 0 aromatic heterocycles. The first kappa shape index (κ1) is 14.8. The van der Waals surface area contributed by atoms with Crippen LogP contribution in [0.3, 0.4) is 0 Å². The molecule has 1 atom stereocenters. The fourth-order valence-electron chi connectivity index (χ4n) is 1.91. The Kier molecular flexibility index (Phi) is 4.63. The van der Waals surface area contributed by atoms with Crippen LogP contribution < -0.4 is 4.74 Å². The topological polar surface area (TPSA) is 29.5 Å². The molecule has 0 radical (unpaired) electrons. The van der Waals surface area contributed by atoms with Crippen LogP contribution in [0, 0.1) is 12.7 Å². The largest absolute Gasteiger partial charge is 0.488 e. The van der Waals surface area contributed by atoms with Crippen molar-refractivity contribution in [1.29, 1.82) is 0 Å². The Morgan fingerprint density at radius 1 is 1.25 bits per heavy atom. The van der Waals surface area contributed by atoms with Gasteiger partial charge in [0.15, 0.2) is 0 Å². The van der Waals surface area contributed by atoms with Gasteiger partial charge < -0.3 is 9.84 Å². The zero-order chi connectivity index (χ0) is 14.7. The Morgan fingerprint density at radius 2 is 2.00 bits per heavy atom. The lowest BCUT2D eigenvalue weighted by atomic mass is 10.1. The van der Waals surface area contributed by atoms with Gasteiger partial charge in [0, 0.05) is 11.1 Å². The second kappa shape index (κ2) is 6.25. The maximum atomic E-state index is 13.0. The van der Waals surface area contributed by atoms with Crippen molar-refractivity contribution in [2.24, 2.45) is 0 Å². The van der Waals surface area contributed by atoms with Crippen LogP contribution in [0.4, 0.5) is 4.39 Å². The summed E-state index contributed by atoms with van der Waals surface area (Å²) in [6.07, 6.45) is -0.616. The minimum Gasteiger partial charge on any atom is -0.488 e. The molecule has 0 spiro atoms. The molecule has 20 heavy (non-hydrogen) atoms. The van der Waals surface area contributed by atoms with Gasteiger partial charge >= 0.3 is 0 Å². The Labute approximate surface area is 122 Å². The third-order valence-electron chi connectivity index (χ3n) is 3.02. The lowest BCUT2D eigenvalue weighted by Gasteiger charge is -2.15. The Morgan fingerprint density at radius 3 is 2.65 bits per heavy atom. The van der Waals surface area contributed by atoms with Gasteiger partial charge in [0.25, 0.3) is 0 Å². The third kappa shape index (κ3) is 3.50. The molecule has 0 fully saturated rings. The first-order valence-electron chi connectivity index (χ1n) is 6.32. The Bertz CT molecular complexity index is 611.